The Kier molecular flexibility index (Phi) is 6.56. The minimum absolute atomic E-state index is 0.198. The Morgan fingerprint density at radius 1 is 1.24 bits per heavy atom. The molecule has 17 heavy (non-hydrogen) atoms. The Hall–Kier alpha value is -0.570. The van der Waals surface area contributed by atoms with E-state index in [0.717, 1.165) is 19.4 Å². The third-order valence-corrected chi connectivity index (χ3v) is 4.00. The molecule has 3 heteroatoms. The van der Waals surface area contributed by atoms with E-state index in [0.29, 0.717) is 18.5 Å². The number of carbonyl (C=O) groups is 1. The van der Waals surface area contributed by atoms with Gasteiger partial charge >= 0.3 is 0 Å². The van der Waals surface area contributed by atoms with Crippen LogP contribution in [0, 0.1) is 5.92 Å². The minimum Gasteiger partial charge on any atom is -0.338 e. The molecule has 0 heterocycles. The fourth-order valence-electron chi connectivity index (χ4n) is 2.88. The monoisotopic (exact) mass is 240 g/mol. The third-order valence-electron chi connectivity index (χ3n) is 4.00. The van der Waals surface area contributed by atoms with E-state index < -0.39 is 0 Å². The van der Waals surface area contributed by atoms with Crippen molar-refractivity contribution in [1.82, 2.24) is 4.90 Å². The minimum atomic E-state index is 0.198. The number of hydrogen-bond donors (Lipinski definition) is 1. The molecule has 0 radical (unpaired) electrons. The number of hydrogen-bond acceptors (Lipinski definition) is 2. The third kappa shape index (κ3) is 3.98. The van der Waals surface area contributed by atoms with Crippen molar-refractivity contribution in [1.29, 1.82) is 0 Å². The van der Waals surface area contributed by atoms with Crippen molar-refractivity contribution in [2.45, 2.75) is 64.8 Å². The molecule has 0 spiro atoms. The molecule has 2 N–H and O–H groups in total. The molecule has 1 aliphatic carbocycles. The van der Waals surface area contributed by atoms with E-state index in [2.05, 4.69) is 18.7 Å². The molecular weight excluding hydrogens is 212 g/mol. The molecule has 0 saturated heterocycles. The zero-order valence-corrected chi connectivity index (χ0v) is 11.5. The van der Waals surface area contributed by atoms with Gasteiger partial charge in [-0.1, -0.05) is 33.1 Å². The first-order valence-electron chi connectivity index (χ1n) is 7.25. The van der Waals surface area contributed by atoms with Crippen LogP contribution in [0.1, 0.15) is 58.8 Å². The molecule has 0 unspecified atom stereocenters. The van der Waals surface area contributed by atoms with Crippen molar-refractivity contribution < 1.29 is 4.79 Å². The van der Waals surface area contributed by atoms with Crippen LogP contribution in [0.15, 0.2) is 0 Å². The molecule has 0 aromatic heterocycles. The molecule has 1 aliphatic rings. The van der Waals surface area contributed by atoms with Crippen molar-refractivity contribution in [2.75, 3.05) is 13.1 Å². The summed E-state index contributed by atoms with van der Waals surface area (Å²) in [5.74, 6) is 0.538. The van der Waals surface area contributed by atoms with Gasteiger partial charge in [-0.3, -0.25) is 4.79 Å². The highest BCUT2D eigenvalue weighted by Crippen LogP contribution is 2.24. The topological polar surface area (TPSA) is 46.3 Å². The first-order valence-corrected chi connectivity index (χ1v) is 7.25. The van der Waals surface area contributed by atoms with Gasteiger partial charge in [0.15, 0.2) is 0 Å². The number of nitrogens with two attached hydrogens (primary N) is 1. The Morgan fingerprint density at radius 2 is 1.82 bits per heavy atom. The lowest BCUT2D eigenvalue weighted by molar-refractivity contribution is -0.138. The van der Waals surface area contributed by atoms with Gasteiger partial charge in [-0.05, 0) is 25.7 Å². The Morgan fingerprint density at radius 3 is 2.29 bits per heavy atom. The predicted molar refractivity (Wildman–Crippen MR) is 71.7 cm³/mol. The van der Waals surface area contributed by atoms with Gasteiger partial charge < -0.3 is 10.6 Å². The number of amides is 1. The van der Waals surface area contributed by atoms with E-state index in [1.807, 2.05) is 0 Å². The van der Waals surface area contributed by atoms with Crippen molar-refractivity contribution in [3.63, 3.8) is 0 Å². The molecule has 1 saturated carbocycles. The highest BCUT2D eigenvalue weighted by Gasteiger charge is 2.28. The van der Waals surface area contributed by atoms with Crippen LogP contribution in [0.4, 0.5) is 0 Å². The van der Waals surface area contributed by atoms with Crippen LogP contribution >= 0.6 is 0 Å². The fraction of sp³-hybridized carbons (Fsp3) is 0.929. The van der Waals surface area contributed by atoms with Crippen molar-refractivity contribution in [3.8, 4) is 0 Å². The van der Waals surface area contributed by atoms with E-state index in [-0.39, 0.29) is 5.92 Å². The highest BCUT2D eigenvalue weighted by molar-refractivity contribution is 5.79. The van der Waals surface area contributed by atoms with Crippen molar-refractivity contribution in [2.24, 2.45) is 11.7 Å². The number of rotatable bonds is 6. The maximum Gasteiger partial charge on any atom is 0.225 e. The van der Waals surface area contributed by atoms with Crippen molar-refractivity contribution in [3.05, 3.63) is 0 Å². The van der Waals surface area contributed by atoms with Crippen LogP contribution < -0.4 is 5.73 Å². The highest BCUT2D eigenvalue weighted by atomic mass is 16.2. The van der Waals surface area contributed by atoms with Gasteiger partial charge in [-0.25, -0.2) is 0 Å². The summed E-state index contributed by atoms with van der Waals surface area (Å²) in [6.45, 7) is 5.53. The zero-order valence-electron chi connectivity index (χ0n) is 11.5. The van der Waals surface area contributed by atoms with Crippen LogP contribution in [0.2, 0.25) is 0 Å². The Bertz CT molecular complexity index is 220. The molecule has 1 fully saturated rings. The standard InChI is InChI=1S/C14H28N2O/c1-3-12(4-2)14(17)16(11-10-15)13-8-6-5-7-9-13/h12-13H,3-11,15H2,1-2H3. The molecule has 0 aliphatic heterocycles. The number of carbonyl (C=O) groups excluding carboxylic acids is 1. The normalized spacial score (nSPS) is 17.4. The van der Waals surface area contributed by atoms with Crippen LogP contribution in [0.5, 0.6) is 0 Å². The van der Waals surface area contributed by atoms with Gasteiger partial charge in [0.05, 0.1) is 0 Å². The van der Waals surface area contributed by atoms with Gasteiger partial charge in [-0.2, -0.15) is 0 Å². The summed E-state index contributed by atoms with van der Waals surface area (Å²) in [5.41, 5.74) is 5.66. The van der Waals surface area contributed by atoms with Gasteiger partial charge in [0.1, 0.15) is 0 Å². The molecule has 3 nitrogen and oxygen atoms in total. The molecule has 1 rings (SSSR count). The summed E-state index contributed by atoms with van der Waals surface area (Å²) < 4.78 is 0. The van der Waals surface area contributed by atoms with Crippen molar-refractivity contribution >= 4 is 5.91 Å². The van der Waals surface area contributed by atoms with Crippen LogP contribution in [0.3, 0.4) is 0 Å². The molecule has 0 aromatic rings. The summed E-state index contributed by atoms with van der Waals surface area (Å²) in [6.07, 6.45) is 8.10. The van der Waals surface area contributed by atoms with Gasteiger partial charge in [0, 0.05) is 25.0 Å². The SMILES string of the molecule is CCC(CC)C(=O)N(CCN)C1CCCCC1. The summed E-state index contributed by atoms with van der Waals surface area (Å²) >= 11 is 0. The quantitative estimate of drug-likeness (QED) is 0.775. The van der Waals surface area contributed by atoms with Crippen LogP contribution in [0.25, 0.3) is 0 Å². The largest absolute Gasteiger partial charge is 0.338 e. The first kappa shape index (κ1) is 14.5. The lowest BCUT2D eigenvalue weighted by Gasteiger charge is -2.36. The number of nitrogens with zero attached hydrogens (tertiary/aromatic N) is 1. The molecule has 1 amide bonds. The zero-order chi connectivity index (χ0) is 12.7. The molecule has 0 aromatic carbocycles. The lowest BCUT2D eigenvalue weighted by Crippen LogP contribution is -2.46. The molecule has 0 bridgehead atoms. The van der Waals surface area contributed by atoms with E-state index >= 15 is 0 Å². The Labute approximate surface area is 106 Å². The average Bonchev–Trinajstić information content (AvgIpc) is 2.38. The first-order chi connectivity index (χ1) is 8.24. The molecule has 0 atom stereocenters. The maximum atomic E-state index is 12.5. The predicted octanol–water partition coefficient (Wildman–Crippen LogP) is 2.54. The van der Waals surface area contributed by atoms with E-state index in [1.165, 1.54) is 32.1 Å². The molecular formula is C14H28N2O. The summed E-state index contributed by atoms with van der Waals surface area (Å²) in [5, 5.41) is 0. The fourth-order valence-corrected chi connectivity index (χ4v) is 2.88. The average molecular weight is 240 g/mol. The van der Waals surface area contributed by atoms with Crippen LogP contribution in [-0.2, 0) is 4.79 Å². The summed E-state index contributed by atoms with van der Waals surface area (Å²) in [7, 11) is 0. The van der Waals surface area contributed by atoms with Crippen LogP contribution in [-0.4, -0.2) is 29.9 Å². The summed E-state index contributed by atoms with van der Waals surface area (Å²) in [4.78, 5) is 14.5. The van der Waals surface area contributed by atoms with Gasteiger partial charge in [-0.15, -0.1) is 0 Å². The van der Waals surface area contributed by atoms with Gasteiger partial charge in [0.2, 0.25) is 5.91 Å². The van der Waals surface area contributed by atoms with Gasteiger partial charge in [0.25, 0.3) is 0 Å². The molecule has 100 valence electrons. The second-order valence-electron chi connectivity index (χ2n) is 5.13. The second-order valence-corrected chi connectivity index (χ2v) is 5.13. The smallest absolute Gasteiger partial charge is 0.225 e. The Balaban J connectivity index is 2.65. The second kappa shape index (κ2) is 7.70. The summed E-state index contributed by atoms with van der Waals surface area (Å²) in [6, 6.07) is 0.459. The van der Waals surface area contributed by atoms with E-state index in [4.69, 9.17) is 5.73 Å². The van der Waals surface area contributed by atoms with E-state index in [1.54, 1.807) is 0 Å². The maximum absolute atomic E-state index is 12.5. The van der Waals surface area contributed by atoms with E-state index in [9.17, 15) is 4.79 Å². The lowest BCUT2D eigenvalue weighted by atomic mass is 9.92.